The van der Waals surface area contributed by atoms with Gasteiger partial charge in [0.25, 0.3) is 5.91 Å². The topological polar surface area (TPSA) is 71.1 Å². The smallest absolute Gasteiger partial charge is 0.263 e. The number of hydrogen-bond acceptors (Lipinski definition) is 5. The second-order valence-electron chi connectivity index (χ2n) is 5.46. The molecule has 0 spiro atoms. The number of amides is 2. The van der Waals surface area contributed by atoms with Crippen molar-refractivity contribution >= 4 is 34.5 Å². The third kappa shape index (κ3) is 4.39. The molecule has 2 rings (SSSR count). The zero-order valence-corrected chi connectivity index (χ0v) is 15.3. The first kappa shape index (κ1) is 17.6. The van der Waals surface area contributed by atoms with Crippen LogP contribution >= 0.6 is 22.7 Å². The summed E-state index contributed by atoms with van der Waals surface area (Å²) in [6.07, 6.45) is 0.852. The summed E-state index contributed by atoms with van der Waals surface area (Å²) in [5, 5.41) is 10.4. The van der Waals surface area contributed by atoms with E-state index < -0.39 is 6.04 Å². The number of thiazole rings is 1. The summed E-state index contributed by atoms with van der Waals surface area (Å²) < 4.78 is 0. The molecule has 7 heteroatoms. The molecule has 2 heterocycles. The summed E-state index contributed by atoms with van der Waals surface area (Å²) in [5.74, 6) is -0.429. The molecule has 2 aromatic heterocycles. The molecule has 2 unspecified atom stereocenters. The Labute approximate surface area is 144 Å². The van der Waals surface area contributed by atoms with E-state index in [-0.39, 0.29) is 17.9 Å². The number of nitrogens with zero attached hydrogens (tertiary/aromatic N) is 1. The maximum atomic E-state index is 12.4. The quantitative estimate of drug-likeness (QED) is 0.839. The van der Waals surface area contributed by atoms with Crippen molar-refractivity contribution in [1.29, 1.82) is 0 Å². The van der Waals surface area contributed by atoms with Gasteiger partial charge in [-0.05, 0) is 38.6 Å². The third-order valence-electron chi connectivity index (χ3n) is 3.51. The Kier molecular flexibility index (Phi) is 5.90. The molecule has 2 atom stereocenters. The Morgan fingerprint density at radius 2 is 2.04 bits per heavy atom. The SMILES string of the molecule is CCC(C)NC(=O)C(C)NC(=O)c1sc(-c2ccsc2)nc1C. The minimum Gasteiger partial charge on any atom is -0.352 e. The van der Waals surface area contributed by atoms with Gasteiger partial charge in [-0.2, -0.15) is 11.3 Å². The van der Waals surface area contributed by atoms with E-state index in [4.69, 9.17) is 0 Å². The predicted molar refractivity (Wildman–Crippen MR) is 95.0 cm³/mol. The standard InChI is InChI=1S/C16H21N3O2S2/c1-5-9(2)17-14(20)11(4)18-15(21)13-10(3)19-16(23-13)12-6-7-22-8-12/h6-9,11H,5H2,1-4H3,(H,17,20)(H,18,21). The van der Waals surface area contributed by atoms with Crippen molar-refractivity contribution < 1.29 is 9.59 Å². The summed E-state index contributed by atoms with van der Waals surface area (Å²) in [6.45, 7) is 7.44. The molecule has 0 aromatic carbocycles. The molecule has 0 fully saturated rings. The van der Waals surface area contributed by atoms with E-state index in [1.807, 2.05) is 37.6 Å². The van der Waals surface area contributed by atoms with Crippen molar-refractivity contribution in [3.8, 4) is 10.6 Å². The lowest BCUT2D eigenvalue weighted by Crippen LogP contribution is -2.47. The van der Waals surface area contributed by atoms with Crippen molar-refractivity contribution in [2.45, 2.75) is 46.2 Å². The van der Waals surface area contributed by atoms with E-state index >= 15 is 0 Å². The Hall–Kier alpha value is -1.73. The van der Waals surface area contributed by atoms with Crippen LogP contribution in [0.5, 0.6) is 0 Å². The number of nitrogens with one attached hydrogen (secondary N) is 2. The van der Waals surface area contributed by atoms with Crippen LogP contribution in [-0.4, -0.2) is 28.9 Å². The van der Waals surface area contributed by atoms with Crippen molar-refractivity contribution in [2.24, 2.45) is 0 Å². The molecule has 5 nitrogen and oxygen atoms in total. The highest BCUT2D eigenvalue weighted by Crippen LogP contribution is 2.29. The van der Waals surface area contributed by atoms with Crippen LogP contribution in [0.15, 0.2) is 16.8 Å². The number of carbonyl (C=O) groups is 2. The number of aryl methyl sites for hydroxylation is 1. The lowest BCUT2D eigenvalue weighted by atomic mass is 10.2. The normalized spacial score (nSPS) is 13.4. The lowest BCUT2D eigenvalue weighted by molar-refractivity contribution is -0.123. The molecule has 2 aromatic rings. The fourth-order valence-electron chi connectivity index (χ4n) is 1.91. The van der Waals surface area contributed by atoms with Gasteiger partial charge >= 0.3 is 0 Å². The Balaban J connectivity index is 2.05. The predicted octanol–water partition coefficient (Wildman–Crippen LogP) is 3.21. The minimum absolute atomic E-state index is 0.0946. The second kappa shape index (κ2) is 7.70. The van der Waals surface area contributed by atoms with Gasteiger partial charge in [-0.15, -0.1) is 11.3 Å². The largest absolute Gasteiger partial charge is 0.352 e. The molecule has 23 heavy (non-hydrogen) atoms. The Morgan fingerprint density at radius 1 is 1.30 bits per heavy atom. The van der Waals surface area contributed by atoms with E-state index in [2.05, 4.69) is 15.6 Å². The minimum atomic E-state index is -0.581. The van der Waals surface area contributed by atoms with Crippen LogP contribution in [0.4, 0.5) is 0 Å². The van der Waals surface area contributed by atoms with Crippen molar-refractivity contribution in [3.63, 3.8) is 0 Å². The van der Waals surface area contributed by atoms with Gasteiger partial charge in [-0.3, -0.25) is 9.59 Å². The number of carbonyl (C=O) groups excluding carboxylic acids is 2. The van der Waals surface area contributed by atoms with Crippen LogP contribution < -0.4 is 10.6 Å². The highest BCUT2D eigenvalue weighted by atomic mass is 32.1. The second-order valence-corrected chi connectivity index (χ2v) is 7.24. The van der Waals surface area contributed by atoms with Gasteiger partial charge in [0.2, 0.25) is 5.91 Å². The fourth-order valence-corrected chi connectivity index (χ4v) is 3.60. The van der Waals surface area contributed by atoms with Gasteiger partial charge in [0.15, 0.2) is 0 Å². The summed E-state index contributed by atoms with van der Waals surface area (Å²) in [7, 11) is 0. The van der Waals surface area contributed by atoms with Crippen LogP contribution in [0.2, 0.25) is 0 Å². The zero-order valence-electron chi connectivity index (χ0n) is 13.7. The van der Waals surface area contributed by atoms with E-state index in [1.165, 1.54) is 11.3 Å². The molecule has 2 N–H and O–H groups in total. The lowest BCUT2D eigenvalue weighted by Gasteiger charge is -2.17. The van der Waals surface area contributed by atoms with Crippen LogP contribution in [0.3, 0.4) is 0 Å². The molecule has 0 bridgehead atoms. The molecule has 0 aliphatic rings. The summed E-state index contributed by atoms with van der Waals surface area (Å²) in [5.41, 5.74) is 1.70. The van der Waals surface area contributed by atoms with Gasteiger partial charge < -0.3 is 10.6 Å². The third-order valence-corrected chi connectivity index (χ3v) is 5.40. The first-order chi connectivity index (χ1) is 10.9. The zero-order chi connectivity index (χ0) is 17.0. The van der Waals surface area contributed by atoms with Gasteiger partial charge in [-0.25, -0.2) is 4.98 Å². The fraction of sp³-hybridized carbons (Fsp3) is 0.438. The first-order valence-corrected chi connectivity index (χ1v) is 9.29. The van der Waals surface area contributed by atoms with Crippen molar-refractivity contribution in [3.05, 3.63) is 27.4 Å². The van der Waals surface area contributed by atoms with Crippen LogP contribution in [-0.2, 0) is 4.79 Å². The summed E-state index contributed by atoms with van der Waals surface area (Å²) >= 11 is 2.94. The number of thiophene rings is 1. The maximum Gasteiger partial charge on any atom is 0.263 e. The molecule has 124 valence electrons. The molecule has 0 aliphatic heterocycles. The number of hydrogen-bond donors (Lipinski definition) is 2. The summed E-state index contributed by atoms with van der Waals surface area (Å²) in [6, 6.07) is 1.49. The average Bonchev–Trinajstić information content (AvgIpc) is 3.15. The first-order valence-electron chi connectivity index (χ1n) is 7.53. The molecular formula is C16H21N3O2S2. The highest BCUT2D eigenvalue weighted by Gasteiger charge is 2.21. The van der Waals surface area contributed by atoms with Crippen molar-refractivity contribution in [2.75, 3.05) is 0 Å². The van der Waals surface area contributed by atoms with Gasteiger partial charge in [-0.1, -0.05) is 6.92 Å². The van der Waals surface area contributed by atoms with Crippen LogP contribution in [0.1, 0.15) is 42.6 Å². The highest BCUT2D eigenvalue weighted by molar-refractivity contribution is 7.17. The van der Waals surface area contributed by atoms with Gasteiger partial charge in [0, 0.05) is 17.0 Å². The Morgan fingerprint density at radius 3 is 2.65 bits per heavy atom. The molecule has 2 amide bonds. The monoisotopic (exact) mass is 351 g/mol. The van der Waals surface area contributed by atoms with Gasteiger partial charge in [0.1, 0.15) is 15.9 Å². The molecular weight excluding hydrogens is 330 g/mol. The van der Waals surface area contributed by atoms with E-state index in [9.17, 15) is 9.59 Å². The van der Waals surface area contributed by atoms with Gasteiger partial charge in [0.05, 0.1) is 5.69 Å². The number of aromatic nitrogens is 1. The Bertz CT molecular complexity index is 680. The molecule has 0 radical (unpaired) electrons. The molecule has 0 aliphatic carbocycles. The van der Waals surface area contributed by atoms with Crippen LogP contribution in [0, 0.1) is 6.92 Å². The van der Waals surface area contributed by atoms with Crippen molar-refractivity contribution in [1.82, 2.24) is 15.6 Å². The summed E-state index contributed by atoms with van der Waals surface area (Å²) in [4.78, 5) is 29.4. The molecule has 0 saturated heterocycles. The van der Waals surface area contributed by atoms with Crippen LogP contribution in [0.25, 0.3) is 10.6 Å². The molecule has 0 saturated carbocycles. The number of rotatable bonds is 6. The van der Waals surface area contributed by atoms with E-state index in [0.29, 0.717) is 10.6 Å². The van der Waals surface area contributed by atoms with E-state index in [0.717, 1.165) is 17.0 Å². The maximum absolute atomic E-state index is 12.4. The average molecular weight is 351 g/mol. The van der Waals surface area contributed by atoms with E-state index in [1.54, 1.807) is 18.3 Å².